The van der Waals surface area contributed by atoms with Gasteiger partial charge < -0.3 is 25.3 Å². The number of nitrogens with one attached hydrogen (secondary N) is 1. The van der Waals surface area contributed by atoms with Gasteiger partial charge >= 0.3 is 5.97 Å². The molecule has 0 saturated heterocycles. The molecule has 2 aromatic rings. The molecule has 0 aromatic heterocycles. The van der Waals surface area contributed by atoms with Crippen LogP contribution in [0.3, 0.4) is 0 Å². The lowest BCUT2D eigenvalue weighted by Gasteiger charge is -2.14. The zero-order chi connectivity index (χ0) is 21.1. The molecule has 0 aliphatic carbocycles. The summed E-state index contributed by atoms with van der Waals surface area (Å²) in [5.41, 5.74) is 7.65. The molecule has 0 unspecified atom stereocenters. The molecule has 0 aliphatic heterocycles. The second-order valence-electron chi connectivity index (χ2n) is 6.50. The molecular weight excluding hydrogens is 372 g/mol. The van der Waals surface area contributed by atoms with E-state index in [1.807, 2.05) is 30.3 Å². The average Bonchev–Trinajstić information content (AvgIpc) is 2.75. The van der Waals surface area contributed by atoms with Crippen LogP contribution in [0.4, 0.5) is 0 Å². The molecule has 156 valence electrons. The van der Waals surface area contributed by atoms with Crippen LogP contribution < -0.4 is 20.5 Å². The van der Waals surface area contributed by atoms with Crippen molar-refractivity contribution in [2.45, 2.75) is 31.9 Å². The fourth-order valence-electron chi connectivity index (χ4n) is 2.69. The van der Waals surface area contributed by atoms with Gasteiger partial charge in [0.1, 0.15) is 24.1 Å². The smallest absolute Gasteiger partial charge is 0.323 e. The third kappa shape index (κ3) is 7.46. The molecule has 0 spiro atoms. The van der Waals surface area contributed by atoms with Gasteiger partial charge in [-0.1, -0.05) is 30.3 Å². The topological polar surface area (TPSA) is 99.9 Å². The van der Waals surface area contributed by atoms with Crippen molar-refractivity contribution < 1.29 is 23.8 Å². The lowest BCUT2D eigenvalue weighted by molar-refractivity contribution is -0.146. The van der Waals surface area contributed by atoms with E-state index in [2.05, 4.69) is 5.32 Å². The summed E-state index contributed by atoms with van der Waals surface area (Å²) in [6, 6.07) is 14.1. The fraction of sp³-hybridized carbons (Fsp3) is 0.364. The molecule has 0 saturated carbocycles. The van der Waals surface area contributed by atoms with E-state index < -0.39 is 12.0 Å². The Labute approximate surface area is 171 Å². The van der Waals surface area contributed by atoms with Gasteiger partial charge in [-0.3, -0.25) is 9.59 Å². The minimum Gasteiger partial charge on any atom is -0.496 e. The highest BCUT2D eigenvalue weighted by Gasteiger charge is 2.17. The summed E-state index contributed by atoms with van der Waals surface area (Å²) in [6.45, 7) is 0.473. The van der Waals surface area contributed by atoms with Crippen molar-refractivity contribution >= 4 is 11.9 Å². The van der Waals surface area contributed by atoms with E-state index in [4.69, 9.17) is 19.9 Å². The number of rotatable bonds is 11. The van der Waals surface area contributed by atoms with E-state index in [1.54, 1.807) is 25.2 Å². The Morgan fingerprint density at radius 3 is 2.59 bits per heavy atom. The van der Waals surface area contributed by atoms with Gasteiger partial charge in [-0.15, -0.1) is 0 Å². The van der Waals surface area contributed by atoms with Crippen LogP contribution in [0.5, 0.6) is 11.5 Å². The second kappa shape index (κ2) is 11.7. The van der Waals surface area contributed by atoms with E-state index in [1.165, 1.54) is 7.11 Å². The van der Waals surface area contributed by atoms with Gasteiger partial charge in [-0.2, -0.15) is 0 Å². The van der Waals surface area contributed by atoms with Crippen molar-refractivity contribution in [2.75, 3.05) is 20.8 Å². The number of esters is 1. The molecule has 0 aliphatic rings. The SMILES string of the molecule is CNC(=O)CCCOc1ccc(COC(=O)[C@@H](N)Cc2ccccc2)c(OC)c1. The van der Waals surface area contributed by atoms with Gasteiger partial charge in [-0.25, -0.2) is 0 Å². The summed E-state index contributed by atoms with van der Waals surface area (Å²) in [5, 5.41) is 2.57. The predicted octanol–water partition coefficient (Wildman–Crippen LogP) is 2.21. The maximum Gasteiger partial charge on any atom is 0.323 e. The molecule has 2 rings (SSSR count). The molecule has 0 fully saturated rings. The lowest BCUT2D eigenvalue weighted by Crippen LogP contribution is -2.34. The number of amides is 1. The standard InChI is InChI=1S/C22H28N2O5/c1-24-21(25)9-6-12-28-18-11-10-17(20(14-18)27-2)15-29-22(26)19(23)13-16-7-4-3-5-8-16/h3-5,7-8,10-11,14,19H,6,9,12-13,15,23H2,1-2H3,(H,24,25)/t19-/m0/s1. The highest BCUT2D eigenvalue weighted by Crippen LogP contribution is 2.25. The molecule has 2 aromatic carbocycles. The van der Waals surface area contributed by atoms with Crippen LogP contribution in [-0.2, 0) is 27.4 Å². The van der Waals surface area contributed by atoms with Crippen LogP contribution >= 0.6 is 0 Å². The average molecular weight is 400 g/mol. The van der Waals surface area contributed by atoms with E-state index in [0.717, 1.165) is 5.56 Å². The van der Waals surface area contributed by atoms with E-state index in [0.29, 0.717) is 42.9 Å². The number of benzene rings is 2. The number of carbonyl (C=O) groups excluding carboxylic acids is 2. The summed E-state index contributed by atoms with van der Waals surface area (Å²) in [6.07, 6.45) is 1.44. The van der Waals surface area contributed by atoms with Crippen LogP contribution in [-0.4, -0.2) is 38.7 Å². The quantitative estimate of drug-likeness (QED) is 0.443. The molecule has 29 heavy (non-hydrogen) atoms. The van der Waals surface area contributed by atoms with Gasteiger partial charge in [0.2, 0.25) is 5.91 Å². The van der Waals surface area contributed by atoms with E-state index in [9.17, 15) is 9.59 Å². The van der Waals surface area contributed by atoms with Crippen molar-refractivity contribution in [1.82, 2.24) is 5.32 Å². The predicted molar refractivity (Wildman–Crippen MR) is 110 cm³/mol. The Morgan fingerprint density at radius 2 is 1.90 bits per heavy atom. The van der Waals surface area contributed by atoms with E-state index in [-0.39, 0.29) is 12.5 Å². The first-order chi connectivity index (χ1) is 14.0. The first-order valence-electron chi connectivity index (χ1n) is 9.50. The van der Waals surface area contributed by atoms with Crippen LogP contribution in [0.15, 0.2) is 48.5 Å². The molecule has 7 heteroatoms. The first-order valence-corrected chi connectivity index (χ1v) is 9.50. The number of hydrogen-bond donors (Lipinski definition) is 2. The van der Waals surface area contributed by atoms with Crippen molar-refractivity contribution in [3.8, 4) is 11.5 Å². The molecule has 1 amide bonds. The molecule has 1 atom stereocenters. The van der Waals surface area contributed by atoms with Gasteiger partial charge in [0.05, 0.1) is 13.7 Å². The summed E-state index contributed by atoms with van der Waals surface area (Å²) in [4.78, 5) is 23.4. The zero-order valence-corrected chi connectivity index (χ0v) is 16.9. The number of hydrogen-bond acceptors (Lipinski definition) is 6. The molecule has 0 radical (unpaired) electrons. The van der Waals surface area contributed by atoms with Gasteiger partial charge in [0.15, 0.2) is 0 Å². The highest BCUT2D eigenvalue weighted by atomic mass is 16.5. The largest absolute Gasteiger partial charge is 0.496 e. The monoisotopic (exact) mass is 400 g/mol. The van der Waals surface area contributed by atoms with Crippen LogP contribution in [0.1, 0.15) is 24.0 Å². The normalized spacial score (nSPS) is 11.4. The van der Waals surface area contributed by atoms with Crippen molar-refractivity contribution in [3.05, 3.63) is 59.7 Å². The van der Waals surface area contributed by atoms with Gasteiger partial charge in [-0.05, 0) is 30.5 Å². The first kappa shape index (κ1) is 22.2. The summed E-state index contributed by atoms with van der Waals surface area (Å²) in [5.74, 6) is 0.687. The lowest BCUT2D eigenvalue weighted by atomic mass is 10.1. The number of nitrogens with two attached hydrogens (primary N) is 1. The Morgan fingerprint density at radius 1 is 1.14 bits per heavy atom. The maximum atomic E-state index is 12.2. The second-order valence-corrected chi connectivity index (χ2v) is 6.50. The molecule has 0 heterocycles. The minimum absolute atomic E-state index is 0.0196. The van der Waals surface area contributed by atoms with Crippen LogP contribution in [0.2, 0.25) is 0 Å². The molecule has 3 N–H and O–H groups in total. The summed E-state index contributed by atoms with van der Waals surface area (Å²) < 4.78 is 16.4. The third-order valence-corrected chi connectivity index (χ3v) is 4.33. The Kier molecular flexibility index (Phi) is 8.98. The summed E-state index contributed by atoms with van der Waals surface area (Å²) >= 11 is 0. The zero-order valence-electron chi connectivity index (χ0n) is 16.9. The van der Waals surface area contributed by atoms with Gasteiger partial charge in [0.25, 0.3) is 0 Å². The fourth-order valence-corrected chi connectivity index (χ4v) is 2.69. The molecule has 7 nitrogen and oxygen atoms in total. The Hall–Kier alpha value is -3.06. The van der Waals surface area contributed by atoms with Gasteiger partial charge in [0, 0.05) is 25.1 Å². The number of ether oxygens (including phenoxy) is 3. The Bertz CT molecular complexity index is 795. The van der Waals surface area contributed by atoms with E-state index >= 15 is 0 Å². The number of carbonyl (C=O) groups is 2. The molecule has 0 bridgehead atoms. The summed E-state index contributed by atoms with van der Waals surface area (Å²) in [7, 11) is 3.14. The molecular formula is C22H28N2O5. The third-order valence-electron chi connectivity index (χ3n) is 4.33. The van der Waals surface area contributed by atoms with Crippen LogP contribution in [0.25, 0.3) is 0 Å². The number of methoxy groups -OCH3 is 1. The van der Waals surface area contributed by atoms with Crippen molar-refractivity contribution in [2.24, 2.45) is 5.73 Å². The highest BCUT2D eigenvalue weighted by molar-refractivity contribution is 5.76. The Balaban J connectivity index is 1.85. The van der Waals surface area contributed by atoms with Crippen molar-refractivity contribution in [3.63, 3.8) is 0 Å². The van der Waals surface area contributed by atoms with Crippen LogP contribution in [0, 0.1) is 0 Å². The van der Waals surface area contributed by atoms with Crippen molar-refractivity contribution in [1.29, 1.82) is 0 Å². The maximum absolute atomic E-state index is 12.2. The minimum atomic E-state index is -0.730.